The first-order valence-electron chi connectivity index (χ1n) is 6.27. The lowest BCUT2D eigenvalue weighted by Crippen LogP contribution is -2.42. The highest BCUT2D eigenvalue weighted by molar-refractivity contribution is 5.93. The van der Waals surface area contributed by atoms with Crippen molar-refractivity contribution in [1.82, 2.24) is 10.3 Å². The second kappa shape index (κ2) is 5.95. The zero-order chi connectivity index (χ0) is 13.0. The van der Waals surface area contributed by atoms with Crippen LogP contribution in [-0.4, -0.2) is 29.9 Å². The molecule has 1 aliphatic rings. The summed E-state index contributed by atoms with van der Waals surface area (Å²) in [5.74, 6) is 4.87. The topological polar surface area (TPSA) is 84.4 Å². The third-order valence-corrected chi connectivity index (χ3v) is 3.27. The van der Waals surface area contributed by atoms with Crippen LogP contribution in [0.15, 0.2) is 24.3 Å². The smallest absolute Gasteiger partial charge is 0.265 e. The standard InChI is InChI=1S/C13H20N4O/c14-12-5-2-6-17(9-12)8-10-3-1-4-11(7-10)13(18)16-15/h1,3-4,7,12H,2,5-6,8-9,14-15H2,(H,16,18). The number of hydrogen-bond donors (Lipinski definition) is 3. The SMILES string of the molecule is NNC(=O)c1cccc(CN2CCCC(N)C2)c1. The Hall–Kier alpha value is -1.43. The quantitative estimate of drug-likeness (QED) is 0.406. The van der Waals surface area contributed by atoms with Crippen molar-refractivity contribution >= 4 is 5.91 Å². The first-order valence-corrected chi connectivity index (χ1v) is 6.27. The lowest BCUT2D eigenvalue weighted by atomic mass is 10.0. The molecule has 1 amide bonds. The number of nitrogens with one attached hydrogen (secondary N) is 1. The molecule has 1 aliphatic heterocycles. The van der Waals surface area contributed by atoms with E-state index in [0.29, 0.717) is 5.56 Å². The number of hydrogen-bond acceptors (Lipinski definition) is 4. The van der Waals surface area contributed by atoms with Crippen molar-refractivity contribution in [2.75, 3.05) is 13.1 Å². The zero-order valence-corrected chi connectivity index (χ0v) is 10.4. The first-order chi connectivity index (χ1) is 8.69. The summed E-state index contributed by atoms with van der Waals surface area (Å²) in [7, 11) is 0. The van der Waals surface area contributed by atoms with Crippen LogP contribution in [-0.2, 0) is 6.54 Å². The maximum atomic E-state index is 11.4. The van der Waals surface area contributed by atoms with Crippen LogP contribution >= 0.6 is 0 Å². The number of carbonyl (C=O) groups excluding carboxylic acids is 1. The van der Waals surface area contributed by atoms with Gasteiger partial charge in [-0.2, -0.15) is 0 Å². The molecular formula is C13H20N4O. The van der Waals surface area contributed by atoms with E-state index >= 15 is 0 Å². The average Bonchev–Trinajstić information content (AvgIpc) is 2.38. The minimum atomic E-state index is -0.257. The largest absolute Gasteiger partial charge is 0.327 e. The van der Waals surface area contributed by atoms with Gasteiger partial charge in [-0.05, 0) is 37.1 Å². The first kappa shape index (κ1) is 13.0. The number of hydrazine groups is 1. The Morgan fingerprint density at radius 1 is 1.50 bits per heavy atom. The molecule has 0 saturated carbocycles. The van der Waals surface area contributed by atoms with Crippen LogP contribution in [0.1, 0.15) is 28.8 Å². The Labute approximate surface area is 107 Å². The lowest BCUT2D eigenvalue weighted by Gasteiger charge is -2.30. The van der Waals surface area contributed by atoms with Gasteiger partial charge in [-0.1, -0.05) is 12.1 Å². The number of rotatable bonds is 3. The van der Waals surface area contributed by atoms with Gasteiger partial charge in [0, 0.05) is 24.7 Å². The molecule has 1 aromatic carbocycles. The predicted octanol–water partition coefficient (Wildman–Crippen LogP) is 0.213. The van der Waals surface area contributed by atoms with E-state index in [1.165, 1.54) is 0 Å². The van der Waals surface area contributed by atoms with E-state index in [1.807, 2.05) is 18.2 Å². The summed E-state index contributed by atoms with van der Waals surface area (Å²) in [6, 6.07) is 7.81. The molecule has 1 unspecified atom stereocenters. The van der Waals surface area contributed by atoms with Gasteiger partial charge < -0.3 is 5.73 Å². The van der Waals surface area contributed by atoms with Crippen molar-refractivity contribution in [3.63, 3.8) is 0 Å². The Balaban J connectivity index is 2.02. The van der Waals surface area contributed by atoms with Crippen LogP contribution in [0.2, 0.25) is 0 Å². The van der Waals surface area contributed by atoms with Gasteiger partial charge in [0.2, 0.25) is 0 Å². The number of likely N-dealkylation sites (tertiary alicyclic amines) is 1. The Morgan fingerprint density at radius 2 is 2.33 bits per heavy atom. The van der Waals surface area contributed by atoms with E-state index in [0.717, 1.165) is 38.0 Å². The lowest BCUT2D eigenvalue weighted by molar-refractivity contribution is 0.0953. The summed E-state index contributed by atoms with van der Waals surface area (Å²) < 4.78 is 0. The van der Waals surface area contributed by atoms with Gasteiger partial charge in [-0.15, -0.1) is 0 Å². The average molecular weight is 248 g/mol. The maximum Gasteiger partial charge on any atom is 0.265 e. The molecule has 5 nitrogen and oxygen atoms in total. The number of nitrogen functional groups attached to an aromatic ring is 1. The van der Waals surface area contributed by atoms with E-state index in [2.05, 4.69) is 10.3 Å². The molecule has 0 spiro atoms. The molecule has 1 fully saturated rings. The van der Waals surface area contributed by atoms with E-state index in [4.69, 9.17) is 11.6 Å². The molecule has 1 atom stereocenters. The normalized spacial score (nSPS) is 20.7. The second-order valence-electron chi connectivity index (χ2n) is 4.81. The minimum absolute atomic E-state index is 0.257. The van der Waals surface area contributed by atoms with Gasteiger partial charge in [0.25, 0.3) is 5.91 Å². The number of nitrogens with zero attached hydrogens (tertiary/aromatic N) is 1. The number of nitrogens with two attached hydrogens (primary N) is 2. The molecular weight excluding hydrogens is 228 g/mol. The predicted molar refractivity (Wildman–Crippen MR) is 70.6 cm³/mol. The Morgan fingerprint density at radius 3 is 3.06 bits per heavy atom. The highest BCUT2D eigenvalue weighted by Gasteiger charge is 2.16. The molecule has 0 aromatic heterocycles. The van der Waals surface area contributed by atoms with Gasteiger partial charge in [-0.25, -0.2) is 5.84 Å². The monoisotopic (exact) mass is 248 g/mol. The van der Waals surface area contributed by atoms with Gasteiger partial charge in [-0.3, -0.25) is 15.1 Å². The molecule has 5 heteroatoms. The van der Waals surface area contributed by atoms with Gasteiger partial charge in [0.15, 0.2) is 0 Å². The van der Waals surface area contributed by atoms with Gasteiger partial charge in [0.1, 0.15) is 0 Å². The Kier molecular flexibility index (Phi) is 4.30. The van der Waals surface area contributed by atoms with Crippen LogP contribution < -0.4 is 17.0 Å². The third kappa shape index (κ3) is 3.29. The molecule has 1 saturated heterocycles. The summed E-state index contributed by atoms with van der Waals surface area (Å²) in [5, 5.41) is 0. The van der Waals surface area contributed by atoms with Gasteiger partial charge in [0.05, 0.1) is 0 Å². The van der Waals surface area contributed by atoms with E-state index < -0.39 is 0 Å². The van der Waals surface area contributed by atoms with Crippen LogP contribution in [0.5, 0.6) is 0 Å². The maximum absolute atomic E-state index is 11.4. The number of piperidine rings is 1. The fraction of sp³-hybridized carbons (Fsp3) is 0.462. The zero-order valence-electron chi connectivity index (χ0n) is 10.4. The van der Waals surface area contributed by atoms with Crippen LogP contribution in [0.25, 0.3) is 0 Å². The molecule has 1 aromatic rings. The van der Waals surface area contributed by atoms with Crippen molar-refractivity contribution in [3.05, 3.63) is 35.4 Å². The molecule has 98 valence electrons. The van der Waals surface area contributed by atoms with E-state index in [9.17, 15) is 4.79 Å². The molecule has 5 N–H and O–H groups in total. The highest BCUT2D eigenvalue weighted by Crippen LogP contribution is 2.13. The minimum Gasteiger partial charge on any atom is -0.327 e. The van der Waals surface area contributed by atoms with Crippen LogP contribution in [0.3, 0.4) is 0 Å². The highest BCUT2D eigenvalue weighted by atomic mass is 16.2. The molecule has 0 aliphatic carbocycles. The summed E-state index contributed by atoms with van der Waals surface area (Å²) in [5.41, 5.74) is 9.81. The number of benzene rings is 1. The van der Waals surface area contributed by atoms with Crippen molar-refractivity contribution in [1.29, 1.82) is 0 Å². The summed E-state index contributed by atoms with van der Waals surface area (Å²) in [6.45, 7) is 2.83. The van der Waals surface area contributed by atoms with Crippen LogP contribution in [0, 0.1) is 0 Å². The molecule has 2 rings (SSSR count). The van der Waals surface area contributed by atoms with Crippen LogP contribution in [0.4, 0.5) is 0 Å². The summed E-state index contributed by atoms with van der Waals surface area (Å²) in [4.78, 5) is 13.8. The third-order valence-electron chi connectivity index (χ3n) is 3.27. The number of amides is 1. The summed E-state index contributed by atoms with van der Waals surface area (Å²) >= 11 is 0. The Bertz CT molecular complexity index is 421. The van der Waals surface area contributed by atoms with Crippen molar-refractivity contribution in [2.45, 2.75) is 25.4 Å². The summed E-state index contributed by atoms with van der Waals surface area (Å²) in [6.07, 6.45) is 2.25. The van der Waals surface area contributed by atoms with Crippen molar-refractivity contribution < 1.29 is 4.79 Å². The van der Waals surface area contributed by atoms with Crippen molar-refractivity contribution in [2.24, 2.45) is 11.6 Å². The number of carbonyl (C=O) groups is 1. The van der Waals surface area contributed by atoms with E-state index in [1.54, 1.807) is 6.07 Å². The second-order valence-corrected chi connectivity index (χ2v) is 4.81. The molecule has 18 heavy (non-hydrogen) atoms. The molecule has 1 heterocycles. The van der Waals surface area contributed by atoms with Gasteiger partial charge >= 0.3 is 0 Å². The van der Waals surface area contributed by atoms with Crippen molar-refractivity contribution in [3.8, 4) is 0 Å². The fourth-order valence-electron chi connectivity index (χ4n) is 2.39. The molecule has 0 bridgehead atoms. The fourth-order valence-corrected chi connectivity index (χ4v) is 2.39. The van der Waals surface area contributed by atoms with E-state index in [-0.39, 0.29) is 11.9 Å². The molecule has 0 radical (unpaired) electrons.